The third-order valence-electron chi connectivity index (χ3n) is 6.69. The van der Waals surface area contributed by atoms with Crippen LogP contribution < -0.4 is 5.32 Å². The van der Waals surface area contributed by atoms with Crippen molar-refractivity contribution >= 4 is 33.8 Å². The molecule has 7 nitrogen and oxygen atoms in total. The Labute approximate surface area is 213 Å². The summed E-state index contributed by atoms with van der Waals surface area (Å²) in [5, 5.41) is 6.95. The first kappa shape index (κ1) is 25.9. The average Bonchev–Trinajstić information content (AvgIpc) is 3.26. The van der Waals surface area contributed by atoms with E-state index in [9.17, 15) is 13.2 Å². The molecular weight excluding hydrogens is 474 g/mol. The number of hydrogen-bond donors (Lipinski definition) is 1. The number of aromatic nitrogens is 1. The van der Waals surface area contributed by atoms with Crippen molar-refractivity contribution in [3.8, 4) is 0 Å². The Bertz CT molecular complexity index is 1390. The van der Waals surface area contributed by atoms with Crippen LogP contribution in [0.15, 0.2) is 51.9 Å². The largest absolute Gasteiger partial charge is 0.355 e. The van der Waals surface area contributed by atoms with E-state index in [-0.39, 0.29) is 23.1 Å². The lowest BCUT2D eigenvalue weighted by molar-refractivity contribution is -0.120. The summed E-state index contributed by atoms with van der Waals surface area (Å²) in [6.07, 6.45) is 5.54. The van der Waals surface area contributed by atoms with Crippen LogP contribution in [-0.2, 0) is 21.2 Å². The van der Waals surface area contributed by atoms with Crippen molar-refractivity contribution in [2.24, 2.45) is 5.92 Å². The molecule has 2 aromatic carbocycles. The molecule has 1 saturated heterocycles. The predicted octanol–water partition coefficient (Wildman–Crippen LogP) is 5.37. The van der Waals surface area contributed by atoms with Crippen LogP contribution in [0.3, 0.4) is 0 Å². The fraction of sp³-hybridized carbons (Fsp3) is 0.357. The summed E-state index contributed by atoms with van der Waals surface area (Å²) in [5.41, 5.74) is 5.30. The Morgan fingerprint density at radius 3 is 2.72 bits per heavy atom. The van der Waals surface area contributed by atoms with Gasteiger partial charge in [0, 0.05) is 18.8 Å². The van der Waals surface area contributed by atoms with Gasteiger partial charge in [-0.05, 0) is 68.9 Å². The van der Waals surface area contributed by atoms with Gasteiger partial charge in [-0.25, -0.2) is 8.42 Å². The quantitative estimate of drug-likeness (QED) is 0.464. The highest BCUT2D eigenvalue weighted by atomic mass is 32.2. The molecule has 36 heavy (non-hydrogen) atoms. The first-order valence-corrected chi connectivity index (χ1v) is 13.7. The van der Waals surface area contributed by atoms with Crippen molar-refractivity contribution in [2.75, 3.05) is 18.4 Å². The average molecular weight is 508 g/mol. The van der Waals surface area contributed by atoms with Crippen LogP contribution in [0.1, 0.15) is 53.5 Å². The molecule has 1 fully saturated rings. The number of nitrogens with one attached hydrogen (secondary N) is 1. The number of anilines is 1. The molecule has 4 rings (SSSR count). The van der Waals surface area contributed by atoms with Gasteiger partial charge in [0.1, 0.15) is 5.69 Å². The van der Waals surface area contributed by atoms with Gasteiger partial charge in [-0.1, -0.05) is 60.1 Å². The minimum absolute atomic E-state index is 0.0569. The number of para-hydroxylation sites is 1. The van der Waals surface area contributed by atoms with Gasteiger partial charge >= 0.3 is 0 Å². The third-order valence-corrected chi connectivity index (χ3v) is 8.72. The van der Waals surface area contributed by atoms with Crippen LogP contribution in [0.5, 0.6) is 0 Å². The normalized spacial score (nSPS) is 16.9. The molecule has 2 heterocycles. The van der Waals surface area contributed by atoms with Crippen LogP contribution in [-0.4, -0.2) is 36.9 Å². The molecule has 1 unspecified atom stereocenters. The lowest BCUT2D eigenvalue weighted by atomic mass is 9.98. The van der Waals surface area contributed by atoms with Gasteiger partial charge in [-0.2, -0.15) is 4.31 Å². The standard InChI is InChI=1S/C28H33N3O4S/c1-5-22-9-6-7-11-25(22)29-28(32)24-10-8-16-31(18-24)36(33,34)27-21(4)30-35-26(27)15-14-23-17-19(2)12-13-20(23)3/h6-7,9,11-15,17,24H,5,8,10,16,18H2,1-4H3,(H,29,32). The first-order chi connectivity index (χ1) is 17.2. The maximum Gasteiger partial charge on any atom is 0.248 e. The molecule has 1 aliphatic heterocycles. The van der Waals surface area contributed by atoms with E-state index >= 15 is 0 Å². The molecule has 1 atom stereocenters. The number of carbonyl (C=O) groups is 1. The molecule has 8 heteroatoms. The van der Waals surface area contributed by atoms with E-state index in [1.165, 1.54) is 4.31 Å². The fourth-order valence-corrected chi connectivity index (χ4v) is 6.37. The number of rotatable bonds is 7. The maximum atomic E-state index is 13.7. The minimum atomic E-state index is -3.91. The van der Waals surface area contributed by atoms with E-state index in [0.717, 1.165) is 34.4 Å². The molecule has 0 bridgehead atoms. The number of aryl methyl sites for hydroxylation is 4. The highest BCUT2D eigenvalue weighted by Crippen LogP contribution is 2.30. The van der Waals surface area contributed by atoms with Crippen molar-refractivity contribution in [3.05, 3.63) is 76.2 Å². The van der Waals surface area contributed by atoms with E-state index in [4.69, 9.17) is 4.52 Å². The Morgan fingerprint density at radius 1 is 1.17 bits per heavy atom. The topological polar surface area (TPSA) is 92.5 Å². The molecule has 0 spiro atoms. The summed E-state index contributed by atoms with van der Waals surface area (Å²) in [6, 6.07) is 13.8. The fourth-order valence-electron chi connectivity index (χ4n) is 4.59. The molecule has 0 radical (unpaired) electrons. The first-order valence-electron chi connectivity index (χ1n) is 12.3. The number of benzene rings is 2. The molecule has 0 aliphatic carbocycles. The highest BCUT2D eigenvalue weighted by molar-refractivity contribution is 7.89. The van der Waals surface area contributed by atoms with Crippen LogP contribution in [0.25, 0.3) is 12.2 Å². The van der Waals surface area contributed by atoms with Gasteiger partial charge in [0.15, 0.2) is 10.7 Å². The highest BCUT2D eigenvalue weighted by Gasteiger charge is 2.37. The van der Waals surface area contributed by atoms with E-state index in [1.54, 1.807) is 13.0 Å². The van der Waals surface area contributed by atoms with Crippen molar-refractivity contribution < 1.29 is 17.7 Å². The van der Waals surface area contributed by atoms with Crippen molar-refractivity contribution in [2.45, 2.75) is 51.9 Å². The molecule has 1 aliphatic rings. The molecule has 0 saturated carbocycles. The second-order valence-corrected chi connectivity index (χ2v) is 11.2. The second kappa shape index (κ2) is 10.8. The van der Waals surface area contributed by atoms with Crippen LogP contribution in [0.4, 0.5) is 5.69 Å². The van der Waals surface area contributed by atoms with Crippen molar-refractivity contribution in [1.82, 2.24) is 9.46 Å². The summed E-state index contributed by atoms with van der Waals surface area (Å²) < 4.78 is 34.2. The number of nitrogens with zero attached hydrogens (tertiary/aromatic N) is 2. The Kier molecular flexibility index (Phi) is 7.76. The zero-order chi connectivity index (χ0) is 25.9. The van der Waals surface area contributed by atoms with E-state index in [2.05, 4.69) is 10.5 Å². The number of piperidine rings is 1. The zero-order valence-corrected chi connectivity index (χ0v) is 22.1. The van der Waals surface area contributed by atoms with E-state index in [1.807, 2.05) is 69.3 Å². The number of hydrogen-bond acceptors (Lipinski definition) is 5. The summed E-state index contributed by atoms with van der Waals surface area (Å²) in [7, 11) is -3.91. The summed E-state index contributed by atoms with van der Waals surface area (Å²) in [5.74, 6) is -0.405. The monoisotopic (exact) mass is 507 g/mol. The summed E-state index contributed by atoms with van der Waals surface area (Å²) >= 11 is 0. The SMILES string of the molecule is CCc1ccccc1NC(=O)C1CCCN(S(=O)(=O)c2c(C)noc2C=Cc2cc(C)ccc2C)C1. The minimum Gasteiger partial charge on any atom is -0.355 e. The van der Waals surface area contributed by atoms with Crippen LogP contribution in [0, 0.1) is 26.7 Å². The lowest BCUT2D eigenvalue weighted by Crippen LogP contribution is -2.44. The summed E-state index contributed by atoms with van der Waals surface area (Å²) in [6.45, 7) is 8.14. The van der Waals surface area contributed by atoms with Crippen molar-refractivity contribution in [1.29, 1.82) is 0 Å². The molecule has 1 N–H and O–H groups in total. The van der Waals surface area contributed by atoms with Gasteiger partial charge in [0.2, 0.25) is 15.9 Å². The van der Waals surface area contributed by atoms with E-state index < -0.39 is 15.9 Å². The van der Waals surface area contributed by atoms with Gasteiger partial charge in [0.05, 0.1) is 5.92 Å². The smallest absolute Gasteiger partial charge is 0.248 e. The van der Waals surface area contributed by atoms with E-state index in [0.29, 0.717) is 25.1 Å². The van der Waals surface area contributed by atoms with Gasteiger partial charge in [0.25, 0.3) is 0 Å². The molecule has 190 valence electrons. The predicted molar refractivity (Wildman–Crippen MR) is 142 cm³/mol. The summed E-state index contributed by atoms with van der Waals surface area (Å²) in [4.78, 5) is 13.1. The Morgan fingerprint density at radius 2 is 1.94 bits per heavy atom. The number of carbonyl (C=O) groups excluding carboxylic acids is 1. The number of amides is 1. The van der Waals surface area contributed by atoms with Gasteiger partial charge < -0.3 is 9.84 Å². The Hall–Kier alpha value is -3.23. The second-order valence-electron chi connectivity index (χ2n) is 9.36. The molecule has 1 aromatic heterocycles. The van der Waals surface area contributed by atoms with Crippen LogP contribution >= 0.6 is 0 Å². The zero-order valence-electron chi connectivity index (χ0n) is 21.2. The molecule has 3 aromatic rings. The molecule has 1 amide bonds. The van der Waals surface area contributed by atoms with Crippen molar-refractivity contribution in [3.63, 3.8) is 0 Å². The Balaban J connectivity index is 1.55. The lowest BCUT2D eigenvalue weighted by Gasteiger charge is -2.31. The maximum absolute atomic E-state index is 13.7. The van der Waals surface area contributed by atoms with Crippen LogP contribution in [0.2, 0.25) is 0 Å². The van der Waals surface area contributed by atoms with Gasteiger partial charge in [-0.3, -0.25) is 4.79 Å². The third kappa shape index (κ3) is 5.44. The molecular formula is C28H33N3O4S. The van der Waals surface area contributed by atoms with Gasteiger partial charge in [-0.15, -0.1) is 0 Å². The number of sulfonamides is 1.